The van der Waals surface area contributed by atoms with Crippen molar-refractivity contribution in [1.82, 2.24) is 10.6 Å². The summed E-state index contributed by atoms with van der Waals surface area (Å²) in [6, 6.07) is 22.3. The molecule has 10 nitrogen and oxygen atoms in total. The van der Waals surface area contributed by atoms with Crippen LogP contribution < -0.4 is 26.4 Å². The summed E-state index contributed by atoms with van der Waals surface area (Å²) >= 11 is 0. The Labute approximate surface area is 252 Å². The molecule has 7 N–H and O–H groups in total. The number of ether oxygens (including phenoxy) is 1. The van der Waals surface area contributed by atoms with Crippen LogP contribution in [0.3, 0.4) is 0 Å². The van der Waals surface area contributed by atoms with Gasteiger partial charge in [-0.2, -0.15) is 13.2 Å². The molecule has 4 rings (SSSR count). The van der Waals surface area contributed by atoms with Gasteiger partial charge >= 0.3 is 12.1 Å². The van der Waals surface area contributed by atoms with Crippen LogP contribution in [0.25, 0.3) is 11.1 Å². The number of carbonyl (C=O) groups excluding carboxylic acids is 2. The topological polar surface area (TPSA) is 167 Å². The van der Waals surface area contributed by atoms with Gasteiger partial charge in [0.15, 0.2) is 0 Å². The highest BCUT2D eigenvalue weighted by atomic mass is 19.4. The third kappa shape index (κ3) is 10.4. The Morgan fingerprint density at radius 1 is 1.02 bits per heavy atom. The van der Waals surface area contributed by atoms with Crippen molar-refractivity contribution in [3.8, 4) is 16.9 Å². The number of hydrogen-bond donors (Lipinski definition) is 6. The van der Waals surface area contributed by atoms with E-state index in [-0.39, 0.29) is 30.3 Å². The molecule has 1 heterocycles. The number of aliphatic carboxylic acids is 1. The Morgan fingerprint density at radius 3 is 2.20 bits per heavy atom. The van der Waals surface area contributed by atoms with Crippen molar-refractivity contribution >= 4 is 29.3 Å². The van der Waals surface area contributed by atoms with Crippen LogP contribution >= 0.6 is 0 Å². The van der Waals surface area contributed by atoms with Gasteiger partial charge in [-0.3, -0.25) is 15.0 Å². The van der Waals surface area contributed by atoms with Crippen LogP contribution in [0.4, 0.5) is 18.9 Å². The average molecular weight is 614 g/mol. The average Bonchev–Trinajstić information content (AvgIpc) is 2.98. The van der Waals surface area contributed by atoms with E-state index in [0.29, 0.717) is 11.3 Å². The molecular formula is C31H34F3N5O5. The number of nitrogen functional groups attached to an aromatic ring is 1. The van der Waals surface area contributed by atoms with Gasteiger partial charge in [-0.25, -0.2) is 4.79 Å². The normalized spacial score (nSPS) is 13.9. The van der Waals surface area contributed by atoms with E-state index in [9.17, 15) is 22.8 Å². The number of benzene rings is 3. The summed E-state index contributed by atoms with van der Waals surface area (Å²) < 4.78 is 38.1. The van der Waals surface area contributed by atoms with Gasteiger partial charge in [-0.05, 0) is 80.4 Å². The van der Waals surface area contributed by atoms with E-state index in [2.05, 4.69) is 16.0 Å². The second-order valence-corrected chi connectivity index (χ2v) is 10.00. The summed E-state index contributed by atoms with van der Waals surface area (Å²) in [4.78, 5) is 33.9. The molecule has 1 atom stereocenters. The lowest BCUT2D eigenvalue weighted by molar-refractivity contribution is -0.192. The van der Waals surface area contributed by atoms with Gasteiger partial charge in [0.2, 0.25) is 11.8 Å². The summed E-state index contributed by atoms with van der Waals surface area (Å²) in [5.74, 6) is -2.77. The molecular weight excluding hydrogens is 579 g/mol. The van der Waals surface area contributed by atoms with Gasteiger partial charge in [0.25, 0.3) is 0 Å². The predicted molar refractivity (Wildman–Crippen MR) is 159 cm³/mol. The monoisotopic (exact) mass is 613 g/mol. The van der Waals surface area contributed by atoms with E-state index in [1.807, 2.05) is 55.5 Å². The lowest BCUT2D eigenvalue weighted by Gasteiger charge is -2.26. The molecule has 1 saturated heterocycles. The lowest BCUT2D eigenvalue weighted by atomic mass is 9.98. The molecule has 0 aliphatic carbocycles. The predicted octanol–water partition coefficient (Wildman–Crippen LogP) is 4.61. The van der Waals surface area contributed by atoms with Gasteiger partial charge in [0.05, 0.1) is 6.04 Å². The summed E-state index contributed by atoms with van der Waals surface area (Å²) in [5.41, 5.74) is 9.49. The SMILES string of the molecule is CC(NC(=O)CC(=O)Nc1ccc(C(=N)N)cc1)c1ccc(OC2CCNCC2)c(-c2ccccc2)c1.O=C(O)C(F)(F)F. The first-order chi connectivity index (χ1) is 20.8. The van der Waals surface area contributed by atoms with Crippen molar-refractivity contribution in [3.63, 3.8) is 0 Å². The van der Waals surface area contributed by atoms with Crippen molar-refractivity contribution in [2.45, 2.75) is 44.5 Å². The third-order valence-corrected chi connectivity index (χ3v) is 6.59. The molecule has 0 aromatic heterocycles. The van der Waals surface area contributed by atoms with Crippen LogP contribution in [0.2, 0.25) is 0 Å². The van der Waals surface area contributed by atoms with E-state index in [4.69, 9.17) is 25.8 Å². The number of alkyl halides is 3. The van der Waals surface area contributed by atoms with Gasteiger partial charge in [-0.15, -0.1) is 0 Å². The molecule has 0 radical (unpaired) electrons. The smallest absolute Gasteiger partial charge is 0.490 e. The number of carbonyl (C=O) groups is 3. The second kappa shape index (κ2) is 15.5. The van der Waals surface area contributed by atoms with Crippen LogP contribution in [-0.4, -0.2) is 54.1 Å². The van der Waals surface area contributed by atoms with Gasteiger partial charge < -0.3 is 31.5 Å². The number of rotatable bonds is 9. The standard InChI is InChI=1S/C29H33N5O3.C2HF3O2/c1-19(33-27(35)18-28(36)34-23-10-7-21(8-11-23)29(30)31)22-9-12-26(37-24-13-15-32-16-14-24)25(17-22)20-5-3-2-4-6-20;3-2(4,5)1(6)7/h2-12,17,19,24,32H,13-16,18H2,1H3,(H3,30,31)(H,33,35)(H,34,36);(H,6,7). The fourth-order valence-electron chi connectivity index (χ4n) is 4.32. The minimum absolute atomic E-state index is 0.0486. The maximum absolute atomic E-state index is 12.6. The number of hydrogen-bond acceptors (Lipinski definition) is 6. The second-order valence-electron chi connectivity index (χ2n) is 10.00. The summed E-state index contributed by atoms with van der Waals surface area (Å²) in [6.07, 6.45) is -3.29. The fourth-order valence-corrected chi connectivity index (χ4v) is 4.32. The number of carboxylic acid groups (broad SMARTS) is 1. The van der Waals surface area contributed by atoms with Gasteiger partial charge in [0.1, 0.15) is 24.1 Å². The highest BCUT2D eigenvalue weighted by Crippen LogP contribution is 2.34. The van der Waals surface area contributed by atoms with Crippen LogP contribution in [-0.2, 0) is 14.4 Å². The number of nitrogens with two attached hydrogens (primary N) is 1. The molecule has 1 aliphatic rings. The molecule has 3 aromatic carbocycles. The maximum atomic E-state index is 12.6. The van der Waals surface area contributed by atoms with E-state index in [0.717, 1.165) is 48.4 Å². The summed E-state index contributed by atoms with van der Waals surface area (Å²) in [7, 11) is 0. The Morgan fingerprint density at radius 2 is 1.64 bits per heavy atom. The largest absolute Gasteiger partial charge is 0.490 e. The quantitative estimate of drug-likeness (QED) is 0.116. The molecule has 1 unspecified atom stereocenters. The molecule has 44 heavy (non-hydrogen) atoms. The van der Waals surface area contributed by atoms with Crippen molar-refractivity contribution in [2.75, 3.05) is 18.4 Å². The molecule has 3 aromatic rings. The highest BCUT2D eigenvalue weighted by Gasteiger charge is 2.38. The fraction of sp³-hybridized carbons (Fsp3) is 0.290. The van der Waals surface area contributed by atoms with Crippen molar-refractivity contribution in [2.24, 2.45) is 5.73 Å². The van der Waals surface area contributed by atoms with Crippen molar-refractivity contribution in [1.29, 1.82) is 5.41 Å². The van der Waals surface area contributed by atoms with Crippen molar-refractivity contribution < 1.29 is 37.4 Å². The Balaban J connectivity index is 0.000000676. The summed E-state index contributed by atoms with van der Waals surface area (Å²) in [6.45, 7) is 3.79. The number of anilines is 1. The third-order valence-electron chi connectivity index (χ3n) is 6.59. The van der Waals surface area contributed by atoms with Crippen LogP contribution in [0.15, 0.2) is 72.8 Å². The molecule has 234 valence electrons. The zero-order valence-electron chi connectivity index (χ0n) is 23.9. The zero-order chi connectivity index (χ0) is 32.3. The number of nitrogens with one attached hydrogen (secondary N) is 4. The van der Waals surface area contributed by atoms with Gasteiger partial charge in [-0.1, -0.05) is 36.4 Å². The summed E-state index contributed by atoms with van der Waals surface area (Å²) in [5, 5.41) is 23.5. The van der Waals surface area contributed by atoms with Crippen LogP contribution in [0.5, 0.6) is 5.75 Å². The number of piperidine rings is 1. The minimum atomic E-state index is -5.08. The van der Waals surface area contributed by atoms with E-state index in [1.165, 1.54) is 0 Å². The number of halogens is 3. The van der Waals surface area contributed by atoms with E-state index >= 15 is 0 Å². The first-order valence-corrected chi connectivity index (χ1v) is 13.7. The van der Waals surface area contributed by atoms with E-state index < -0.39 is 18.1 Å². The highest BCUT2D eigenvalue weighted by molar-refractivity contribution is 6.04. The van der Waals surface area contributed by atoms with E-state index in [1.54, 1.807) is 24.3 Å². The molecule has 1 fully saturated rings. The molecule has 13 heteroatoms. The maximum Gasteiger partial charge on any atom is 0.490 e. The van der Waals surface area contributed by atoms with Crippen LogP contribution in [0.1, 0.15) is 43.4 Å². The Bertz CT molecular complexity index is 1440. The molecule has 1 aliphatic heterocycles. The zero-order valence-corrected chi connectivity index (χ0v) is 23.9. The minimum Gasteiger partial charge on any atom is -0.490 e. The van der Waals surface area contributed by atoms with Crippen LogP contribution in [0, 0.1) is 5.41 Å². The molecule has 0 spiro atoms. The number of amides is 2. The van der Waals surface area contributed by atoms with Crippen molar-refractivity contribution in [3.05, 3.63) is 83.9 Å². The molecule has 2 amide bonds. The molecule has 0 saturated carbocycles. The Kier molecular flexibility index (Phi) is 11.9. The Hall–Kier alpha value is -4.91. The molecule has 0 bridgehead atoms. The number of carboxylic acids is 1. The first kappa shape index (κ1) is 33.6. The first-order valence-electron chi connectivity index (χ1n) is 13.7. The van der Waals surface area contributed by atoms with Gasteiger partial charge in [0, 0.05) is 16.8 Å². The number of amidine groups is 1. The lowest BCUT2D eigenvalue weighted by Crippen LogP contribution is -2.34.